The first-order valence-electron chi connectivity index (χ1n) is 11.0. The summed E-state index contributed by atoms with van der Waals surface area (Å²) >= 11 is 1.45. The highest BCUT2D eigenvalue weighted by Gasteiger charge is 2.29. The number of carbonyl (C=O) groups excluding carboxylic acids is 2. The standard InChI is InChI=1S/C23H26N6O5S/c1-23(2,3)34-22(31)28-8-6-27(7-9-28)18-12-16(24)19(29(32)33)11-15(18)21(30)26-14-4-5-17-20(10-14)35-13-25-17/h4-5,10-13H,6-9,24H2,1-3H3,(H,26,30). The molecule has 0 unspecified atom stereocenters. The number of benzene rings is 2. The number of hydrogen-bond donors (Lipinski definition) is 2. The van der Waals surface area contributed by atoms with Crippen molar-refractivity contribution in [3.8, 4) is 0 Å². The zero-order valence-corrected chi connectivity index (χ0v) is 20.4. The molecule has 0 atom stereocenters. The molecule has 11 nitrogen and oxygen atoms in total. The van der Waals surface area contributed by atoms with Crippen molar-refractivity contribution in [3.05, 3.63) is 51.5 Å². The molecule has 0 bridgehead atoms. The van der Waals surface area contributed by atoms with E-state index >= 15 is 0 Å². The maximum absolute atomic E-state index is 13.3. The minimum atomic E-state index is -0.611. The molecule has 0 saturated carbocycles. The zero-order valence-electron chi connectivity index (χ0n) is 19.6. The highest BCUT2D eigenvalue weighted by atomic mass is 32.1. The Morgan fingerprint density at radius 2 is 1.89 bits per heavy atom. The fourth-order valence-electron chi connectivity index (χ4n) is 3.78. The number of thiazole rings is 1. The van der Waals surface area contributed by atoms with Crippen molar-refractivity contribution in [2.75, 3.05) is 42.1 Å². The van der Waals surface area contributed by atoms with Crippen LogP contribution in [0.3, 0.4) is 0 Å². The number of ether oxygens (including phenoxy) is 1. The molecule has 12 heteroatoms. The van der Waals surface area contributed by atoms with E-state index in [1.54, 1.807) is 49.4 Å². The number of nitrogens with two attached hydrogens (primary N) is 1. The Morgan fingerprint density at radius 3 is 2.54 bits per heavy atom. The number of nitrogens with zero attached hydrogens (tertiary/aromatic N) is 4. The number of amides is 2. The van der Waals surface area contributed by atoms with Crippen LogP contribution in [0, 0.1) is 10.1 Å². The van der Waals surface area contributed by atoms with E-state index in [1.165, 1.54) is 23.5 Å². The van der Waals surface area contributed by atoms with Gasteiger partial charge in [0.2, 0.25) is 0 Å². The fourth-order valence-corrected chi connectivity index (χ4v) is 4.50. The molecule has 1 aliphatic heterocycles. The van der Waals surface area contributed by atoms with E-state index < -0.39 is 22.5 Å². The Balaban J connectivity index is 1.58. The Kier molecular flexibility index (Phi) is 6.48. The van der Waals surface area contributed by atoms with Crippen molar-refractivity contribution in [2.45, 2.75) is 26.4 Å². The lowest BCUT2D eigenvalue weighted by Crippen LogP contribution is -2.50. The zero-order chi connectivity index (χ0) is 25.3. The predicted molar refractivity (Wildman–Crippen MR) is 135 cm³/mol. The van der Waals surface area contributed by atoms with Crippen LogP contribution in [0.15, 0.2) is 35.8 Å². The normalized spacial score (nSPS) is 14.1. The second-order valence-corrected chi connectivity index (χ2v) is 10.0. The molecular formula is C23H26N6O5S. The summed E-state index contributed by atoms with van der Waals surface area (Å²) < 4.78 is 6.35. The van der Waals surface area contributed by atoms with Crippen LogP contribution in [0.5, 0.6) is 0 Å². The average molecular weight is 499 g/mol. The van der Waals surface area contributed by atoms with Gasteiger partial charge in [-0.1, -0.05) is 0 Å². The summed E-state index contributed by atoms with van der Waals surface area (Å²) in [5.41, 5.74) is 8.65. The van der Waals surface area contributed by atoms with Gasteiger partial charge in [-0.3, -0.25) is 14.9 Å². The van der Waals surface area contributed by atoms with Crippen LogP contribution in [0.25, 0.3) is 10.2 Å². The largest absolute Gasteiger partial charge is 0.444 e. The number of nitro groups is 1. The van der Waals surface area contributed by atoms with Crippen LogP contribution in [0.1, 0.15) is 31.1 Å². The molecule has 2 amide bonds. The first kappa shape index (κ1) is 24.2. The topological polar surface area (TPSA) is 144 Å². The van der Waals surface area contributed by atoms with Gasteiger partial charge >= 0.3 is 6.09 Å². The van der Waals surface area contributed by atoms with Gasteiger partial charge < -0.3 is 25.6 Å². The number of carbonyl (C=O) groups is 2. The van der Waals surface area contributed by atoms with Gasteiger partial charge in [0.15, 0.2) is 0 Å². The van der Waals surface area contributed by atoms with Crippen molar-refractivity contribution in [1.82, 2.24) is 9.88 Å². The van der Waals surface area contributed by atoms with E-state index in [0.29, 0.717) is 37.6 Å². The molecular weight excluding hydrogens is 472 g/mol. The van der Waals surface area contributed by atoms with Crippen molar-refractivity contribution in [1.29, 1.82) is 0 Å². The SMILES string of the molecule is CC(C)(C)OC(=O)N1CCN(c2cc(N)c([N+](=O)[O-])cc2C(=O)Nc2ccc3ncsc3c2)CC1. The van der Waals surface area contributed by atoms with Crippen LogP contribution < -0.4 is 16.0 Å². The van der Waals surface area contributed by atoms with E-state index in [1.807, 2.05) is 4.90 Å². The third-order valence-corrected chi connectivity index (χ3v) is 6.24. The minimum Gasteiger partial charge on any atom is -0.444 e. The number of aromatic nitrogens is 1. The highest BCUT2D eigenvalue weighted by molar-refractivity contribution is 7.16. The summed E-state index contributed by atoms with van der Waals surface area (Å²) in [4.78, 5) is 44.3. The molecule has 4 rings (SSSR count). The number of rotatable bonds is 4. The molecule has 184 valence electrons. The van der Waals surface area contributed by atoms with Crippen LogP contribution in [0.2, 0.25) is 0 Å². The molecule has 1 fully saturated rings. The number of fused-ring (bicyclic) bond motifs is 1. The molecule has 2 heterocycles. The molecule has 3 N–H and O–H groups in total. The van der Waals surface area contributed by atoms with Gasteiger partial charge in [-0.25, -0.2) is 9.78 Å². The molecule has 35 heavy (non-hydrogen) atoms. The van der Waals surface area contributed by atoms with E-state index in [0.717, 1.165) is 10.2 Å². The highest BCUT2D eigenvalue weighted by Crippen LogP contribution is 2.33. The summed E-state index contributed by atoms with van der Waals surface area (Å²) in [6, 6.07) is 7.97. The molecule has 0 radical (unpaired) electrons. The molecule has 1 saturated heterocycles. The van der Waals surface area contributed by atoms with Crippen molar-refractivity contribution in [3.63, 3.8) is 0 Å². The Hall–Kier alpha value is -3.93. The summed E-state index contributed by atoms with van der Waals surface area (Å²) in [5.74, 6) is -0.499. The Morgan fingerprint density at radius 1 is 1.17 bits per heavy atom. The van der Waals surface area contributed by atoms with E-state index in [-0.39, 0.29) is 16.9 Å². The summed E-state index contributed by atoms with van der Waals surface area (Å²) in [6.45, 7) is 6.96. The second-order valence-electron chi connectivity index (χ2n) is 9.13. The number of nitro benzene ring substituents is 1. The molecule has 3 aromatic rings. The molecule has 0 spiro atoms. The molecule has 1 aliphatic rings. The first-order chi connectivity index (χ1) is 16.5. The molecule has 0 aliphatic carbocycles. The summed E-state index contributed by atoms with van der Waals surface area (Å²) in [5, 5.41) is 14.3. The van der Waals surface area contributed by atoms with E-state index in [2.05, 4.69) is 10.3 Å². The number of piperazine rings is 1. The number of anilines is 3. The number of hydrogen-bond acceptors (Lipinski definition) is 9. The predicted octanol–water partition coefficient (Wildman–Crippen LogP) is 4.10. The third-order valence-electron chi connectivity index (χ3n) is 5.45. The smallest absolute Gasteiger partial charge is 0.410 e. The van der Waals surface area contributed by atoms with Gasteiger partial charge in [0.1, 0.15) is 11.3 Å². The lowest BCUT2D eigenvalue weighted by molar-refractivity contribution is -0.383. The maximum atomic E-state index is 13.3. The Bertz CT molecular complexity index is 1290. The Labute approximate surface area is 205 Å². The van der Waals surface area contributed by atoms with Gasteiger partial charge in [-0.05, 0) is 45.0 Å². The average Bonchev–Trinajstić information content (AvgIpc) is 3.25. The lowest BCUT2D eigenvalue weighted by Gasteiger charge is -2.37. The van der Waals surface area contributed by atoms with Crippen molar-refractivity contribution >= 4 is 56.3 Å². The minimum absolute atomic E-state index is 0.0396. The van der Waals surface area contributed by atoms with E-state index in [4.69, 9.17) is 10.5 Å². The van der Waals surface area contributed by atoms with Gasteiger partial charge in [0.25, 0.3) is 11.6 Å². The number of nitrogen functional groups attached to an aromatic ring is 1. The van der Waals surface area contributed by atoms with Gasteiger partial charge in [-0.15, -0.1) is 11.3 Å². The molecule has 2 aromatic carbocycles. The quantitative estimate of drug-likeness (QED) is 0.311. The molecule has 1 aromatic heterocycles. The maximum Gasteiger partial charge on any atom is 0.410 e. The lowest BCUT2D eigenvalue weighted by atomic mass is 10.1. The van der Waals surface area contributed by atoms with E-state index in [9.17, 15) is 19.7 Å². The first-order valence-corrected chi connectivity index (χ1v) is 11.9. The van der Waals surface area contributed by atoms with Crippen molar-refractivity contribution in [2.24, 2.45) is 0 Å². The third kappa shape index (κ3) is 5.43. The second kappa shape index (κ2) is 9.37. The van der Waals surface area contributed by atoms with Gasteiger partial charge in [0, 0.05) is 37.9 Å². The summed E-state index contributed by atoms with van der Waals surface area (Å²) in [6.07, 6.45) is -0.406. The fraction of sp³-hybridized carbons (Fsp3) is 0.348. The van der Waals surface area contributed by atoms with Crippen LogP contribution >= 0.6 is 11.3 Å². The van der Waals surface area contributed by atoms with Crippen LogP contribution in [-0.2, 0) is 4.74 Å². The van der Waals surface area contributed by atoms with Crippen LogP contribution in [-0.4, -0.2) is 58.6 Å². The van der Waals surface area contributed by atoms with Gasteiger partial charge in [-0.2, -0.15) is 0 Å². The van der Waals surface area contributed by atoms with Gasteiger partial charge in [0.05, 0.1) is 31.9 Å². The number of nitrogens with one attached hydrogen (secondary N) is 1. The van der Waals surface area contributed by atoms with Crippen molar-refractivity contribution < 1.29 is 19.2 Å². The monoisotopic (exact) mass is 498 g/mol. The van der Waals surface area contributed by atoms with Crippen LogP contribution in [0.4, 0.5) is 27.5 Å². The summed E-state index contributed by atoms with van der Waals surface area (Å²) in [7, 11) is 0.